The Balaban J connectivity index is 2.44. The maximum absolute atomic E-state index is 5.33. The molecule has 1 aliphatic carbocycles. The SMILES string of the molecule is CCNC(=S)N(CC)C1CCCC1. The Morgan fingerprint density at radius 1 is 1.38 bits per heavy atom. The molecule has 0 aromatic rings. The second kappa shape index (κ2) is 5.43. The summed E-state index contributed by atoms with van der Waals surface area (Å²) in [6.07, 6.45) is 5.38. The normalized spacial score (nSPS) is 17.4. The van der Waals surface area contributed by atoms with Gasteiger partial charge in [-0.2, -0.15) is 0 Å². The van der Waals surface area contributed by atoms with E-state index in [-0.39, 0.29) is 0 Å². The topological polar surface area (TPSA) is 15.3 Å². The number of hydrogen-bond acceptors (Lipinski definition) is 1. The average molecular weight is 200 g/mol. The second-order valence-electron chi connectivity index (χ2n) is 3.56. The summed E-state index contributed by atoms with van der Waals surface area (Å²) in [5.41, 5.74) is 0. The van der Waals surface area contributed by atoms with Crippen LogP contribution >= 0.6 is 12.2 Å². The molecule has 76 valence electrons. The third-order valence-electron chi connectivity index (χ3n) is 2.70. The van der Waals surface area contributed by atoms with Crippen molar-refractivity contribution < 1.29 is 0 Å². The zero-order valence-electron chi connectivity index (χ0n) is 8.68. The van der Waals surface area contributed by atoms with Gasteiger partial charge in [0.15, 0.2) is 5.11 Å². The van der Waals surface area contributed by atoms with Crippen LogP contribution in [-0.2, 0) is 0 Å². The lowest BCUT2D eigenvalue weighted by Crippen LogP contribution is -2.44. The predicted octanol–water partition coefficient (Wildman–Crippen LogP) is 2.15. The van der Waals surface area contributed by atoms with Crippen molar-refractivity contribution >= 4 is 17.3 Å². The lowest BCUT2D eigenvalue weighted by Gasteiger charge is -2.30. The third kappa shape index (κ3) is 2.83. The fourth-order valence-corrected chi connectivity index (χ4v) is 2.46. The van der Waals surface area contributed by atoms with Gasteiger partial charge in [-0.3, -0.25) is 0 Å². The molecule has 0 bridgehead atoms. The van der Waals surface area contributed by atoms with Crippen LogP contribution in [-0.4, -0.2) is 29.1 Å². The predicted molar refractivity (Wildman–Crippen MR) is 60.9 cm³/mol. The summed E-state index contributed by atoms with van der Waals surface area (Å²) >= 11 is 5.33. The Kier molecular flexibility index (Phi) is 4.50. The van der Waals surface area contributed by atoms with E-state index in [4.69, 9.17) is 12.2 Å². The Hall–Kier alpha value is -0.310. The molecule has 0 atom stereocenters. The van der Waals surface area contributed by atoms with Crippen molar-refractivity contribution in [1.82, 2.24) is 10.2 Å². The lowest BCUT2D eigenvalue weighted by atomic mass is 10.2. The number of thiocarbonyl (C=S) groups is 1. The summed E-state index contributed by atoms with van der Waals surface area (Å²) in [5.74, 6) is 0. The molecule has 0 aliphatic heterocycles. The summed E-state index contributed by atoms with van der Waals surface area (Å²) in [4.78, 5) is 2.34. The molecule has 0 spiro atoms. The molecule has 0 unspecified atom stereocenters. The molecule has 0 radical (unpaired) electrons. The van der Waals surface area contributed by atoms with E-state index in [1.807, 2.05) is 0 Å². The molecular weight excluding hydrogens is 180 g/mol. The summed E-state index contributed by atoms with van der Waals surface area (Å²) in [7, 11) is 0. The zero-order valence-corrected chi connectivity index (χ0v) is 9.49. The minimum atomic E-state index is 0.705. The maximum Gasteiger partial charge on any atom is 0.169 e. The Morgan fingerprint density at radius 3 is 2.46 bits per heavy atom. The van der Waals surface area contributed by atoms with E-state index in [1.165, 1.54) is 25.7 Å². The van der Waals surface area contributed by atoms with Crippen molar-refractivity contribution in [1.29, 1.82) is 0 Å². The summed E-state index contributed by atoms with van der Waals surface area (Å²) in [5, 5.41) is 4.17. The molecule has 0 aromatic carbocycles. The van der Waals surface area contributed by atoms with Gasteiger partial charge in [-0.1, -0.05) is 12.8 Å². The van der Waals surface area contributed by atoms with E-state index in [0.29, 0.717) is 6.04 Å². The average Bonchev–Trinajstić information content (AvgIpc) is 2.59. The molecule has 2 nitrogen and oxygen atoms in total. The van der Waals surface area contributed by atoms with Crippen LogP contribution < -0.4 is 5.32 Å². The first kappa shape index (κ1) is 10.8. The third-order valence-corrected chi connectivity index (χ3v) is 3.07. The van der Waals surface area contributed by atoms with Crippen molar-refractivity contribution in [2.24, 2.45) is 0 Å². The molecule has 13 heavy (non-hydrogen) atoms. The number of hydrogen-bond donors (Lipinski definition) is 1. The molecule has 0 amide bonds. The Morgan fingerprint density at radius 2 is 2.00 bits per heavy atom. The van der Waals surface area contributed by atoms with Gasteiger partial charge in [-0.05, 0) is 38.9 Å². The van der Waals surface area contributed by atoms with Crippen LogP contribution in [0.1, 0.15) is 39.5 Å². The van der Waals surface area contributed by atoms with Gasteiger partial charge in [-0.15, -0.1) is 0 Å². The molecule has 1 N–H and O–H groups in total. The van der Waals surface area contributed by atoms with Crippen LogP contribution in [0, 0.1) is 0 Å². The van der Waals surface area contributed by atoms with E-state index in [1.54, 1.807) is 0 Å². The van der Waals surface area contributed by atoms with E-state index in [9.17, 15) is 0 Å². The van der Waals surface area contributed by atoms with Crippen molar-refractivity contribution in [3.63, 3.8) is 0 Å². The van der Waals surface area contributed by atoms with Crippen molar-refractivity contribution in [2.75, 3.05) is 13.1 Å². The fraction of sp³-hybridized carbons (Fsp3) is 0.900. The minimum Gasteiger partial charge on any atom is -0.363 e. The van der Waals surface area contributed by atoms with Gasteiger partial charge < -0.3 is 10.2 Å². The number of rotatable bonds is 3. The molecule has 1 aliphatic rings. The quantitative estimate of drug-likeness (QED) is 0.703. The second-order valence-corrected chi connectivity index (χ2v) is 3.95. The minimum absolute atomic E-state index is 0.705. The number of nitrogens with zero attached hydrogens (tertiary/aromatic N) is 1. The highest BCUT2D eigenvalue weighted by Gasteiger charge is 2.22. The molecule has 1 saturated carbocycles. The van der Waals surface area contributed by atoms with Gasteiger partial charge >= 0.3 is 0 Å². The van der Waals surface area contributed by atoms with Gasteiger partial charge in [0.05, 0.1) is 0 Å². The fourth-order valence-electron chi connectivity index (χ4n) is 2.04. The van der Waals surface area contributed by atoms with Crippen LogP contribution in [0.4, 0.5) is 0 Å². The number of nitrogens with one attached hydrogen (secondary N) is 1. The standard InChI is InChI=1S/C10H20N2S/c1-3-11-10(13)12(4-2)9-7-5-6-8-9/h9H,3-8H2,1-2H3,(H,11,13). The summed E-state index contributed by atoms with van der Waals surface area (Å²) in [6.45, 7) is 6.25. The van der Waals surface area contributed by atoms with Crippen LogP contribution in [0.2, 0.25) is 0 Å². The largest absolute Gasteiger partial charge is 0.363 e. The van der Waals surface area contributed by atoms with Crippen LogP contribution in [0.15, 0.2) is 0 Å². The molecule has 0 heterocycles. The van der Waals surface area contributed by atoms with Crippen LogP contribution in [0.5, 0.6) is 0 Å². The van der Waals surface area contributed by atoms with Crippen LogP contribution in [0.3, 0.4) is 0 Å². The van der Waals surface area contributed by atoms with Gasteiger partial charge in [0.2, 0.25) is 0 Å². The van der Waals surface area contributed by atoms with Crippen molar-refractivity contribution in [3.05, 3.63) is 0 Å². The van der Waals surface area contributed by atoms with Crippen molar-refractivity contribution in [2.45, 2.75) is 45.6 Å². The smallest absolute Gasteiger partial charge is 0.169 e. The first-order chi connectivity index (χ1) is 6.29. The Labute approximate surface area is 86.7 Å². The van der Waals surface area contributed by atoms with Gasteiger partial charge in [0.1, 0.15) is 0 Å². The summed E-state index contributed by atoms with van der Waals surface area (Å²) < 4.78 is 0. The zero-order chi connectivity index (χ0) is 9.68. The van der Waals surface area contributed by atoms with E-state index >= 15 is 0 Å². The summed E-state index contributed by atoms with van der Waals surface area (Å²) in [6, 6.07) is 0.705. The maximum atomic E-state index is 5.33. The van der Waals surface area contributed by atoms with E-state index in [2.05, 4.69) is 24.1 Å². The van der Waals surface area contributed by atoms with Gasteiger partial charge in [-0.25, -0.2) is 0 Å². The molecule has 1 rings (SSSR count). The van der Waals surface area contributed by atoms with E-state index in [0.717, 1.165) is 18.2 Å². The lowest BCUT2D eigenvalue weighted by molar-refractivity contribution is 0.325. The first-order valence-corrected chi connectivity index (χ1v) is 5.74. The molecule has 1 fully saturated rings. The first-order valence-electron chi connectivity index (χ1n) is 5.34. The van der Waals surface area contributed by atoms with Crippen LogP contribution in [0.25, 0.3) is 0 Å². The highest BCUT2D eigenvalue weighted by molar-refractivity contribution is 7.80. The van der Waals surface area contributed by atoms with Gasteiger partial charge in [0, 0.05) is 19.1 Å². The molecule has 3 heteroatoms. The Bertz CT molecular complexity index is 164. The van der Waals surface area contributed by atoms with Crippen molar-refractivity contribution in [3.8, 4) is 0 Å². The highest BCUT2D eigenvalue weighted by atomic mass is 32.1. The molecule has 0 saturated heterocycles. The molecule has 0 aromatic heterocycles. The highest BCUT2D eigenvalue weighted by Crippen LogP contribution is 2.23. The van der Waals surface area contributed by atoms with E-state index < -0.39 is 0 Å². The van der Waals surface area contributed by atoms with Gasteiger partial charge in [0.25, 0.3) is 0 Å². The monoisotopic (exact) mass is 200 g/mol. The molecular formula is C10H20N2S.